The van der Waals surface area contributed by atoms with Crippen molar-refractivity contribution >= 4 is 45.9 Å². The topological polar surface area (TPSA) is 124 Å². The summed E-state index contributed by atoms with van der Waals surface area (Å²) >= 11 is 2.72. The smallest absolute Gasteiger partial charge is 0.341 e. The summed E-state index contributed by atoms with van der Waals surface area (Å²) in [5.41, 5.74) is 2.99. The highest BCUT2D eigenvalue weighted by atomic mass is 32.2. The van der Waals surface area contributed by atoms with Gasteiger partial charge in [-0.3, -0.25) is 9.59 Å². The van der Waals surface area contributed by atoms with Crippen LogP contribution >= 0.6 is 23.1 Å². The van der Waals surface area contributed by atoms with Crippen LogP contribution in [0.15, 0.2) is 59.8 Å². The molecule has 12 heteroatoms. The Morgan fingerprint density at radius 3 is 2.56 bits per heavy atom. The van der Waals surface area contributed by atoms with Crippen LogP contribution in [0.5, 0.6) is 5.75 Å². The Labute approximate surface area is 258 Å². The number of aromatic nitrogens is 3. The number of hydrogen-bond acceptors (Lipinski definition) is 9. The Morgan fingerprint density at radius 2 is 1.84 bits per heavy atom. The number of nitrogens with zero attached hydrogens (tertiary/aromatic N) is 3. The van der Waals surface area contributed by atoms with Gasteiger partial charge < -0.3 is 24.7 Å². The van der Waals surface area contributed by atoms with Gasteiger partial charge in [0.25, 0.3) is 5.91 Å². The van der Waals surface area contributed by atoms with Crippen LogP contribution in [0.1, 0.15) is 62.8 Å². The van der Waals surface area contributed by atoms with Crippen molar-refractivity contribution in [3.63, 3.8) is 0 Å². The number of benzene rings is 2. The highest BCUT2D eigenvalue weighted by Gasteiger charge is 2.30. The Kier molecular flexibility index (Phi) is 9.78. The minimum Gasteiger partial charge on any atom is -0.497 e. The third-order valence-electron chi connectivity index (χ3n) is 7.03. The van der Waals surface area contributed by atoms with Gasteiger partial charge in [-0.1, -0.05) is 42.1 Å². The number of thiophene rings is 1. The standard InChI is InChI=1S/C31H33N5O5S2/c1-4-41-30(39)26-23-11-8-12-24(23)43-29(26)33-27(37)19(2)42-31-35-34-25(36(31)18-20-9-6-5-7-10-20)17-32-28(38)21-13-15-22(40-3)16-14-21/h5-7,9-10,13-16,19H,4,8,11-12,17-18H2,1-3H3,(H,32,38)(H,33,37)/t19-/m0/s1. The molecule has 4 aromatic rings. The molecule has 0 bridgehead atoms. The van der Waals surface area contributed by atoms with Crippen LogP contribution < -0.4 is 15.4 Å². The molecule has 2 amide bonds. The first-order valence-electron chi connectivity index (χ1n) is 14.0. The number of nitrogens with one attached hydrogen (secondary N) is 2. The molecule has 0 radical (unpaired) electrons. The molecule has 0 aliphatic heterocycles. The number of aryl methyl sites for hydroxylation is 1. The van der Waals surface area contributed by atoms with E-state index in [1.165, 1.54) is 23.1 Å². The lowest BCUT2D eigenvalue weighted by molar-refractivity contribution is -0.115. The molecule has 2 heterocycles. The summed E-state index contributed by atoms with van der Waals surface area (Å²) in [6, 6.07) is 16.7. The van der Waals surface area contributed by atoms with Gasteiger partial charge in [0.2, 0.25) is 5.91 Å². The van der Waals surface area contributed by atoms with E-state index >= 15 is 0 Å². The highest BCUT2D eigenvalue weighted by molar-refractivity contribution is 8.00. The van der Waals surface area contributed by atoms with E-state index in [0.717, 1.165) is 35.3 Å². The lowest BCUT2D eigenvalue weighted by Crippen LogP contribution is -2.25. The zero-order chi connectivity index (χ0) is 30.3. The lowest BCUT2D eigenvalue weighted by Gasteiger charge is -2.15. The largest absolute Gasteiger partial charge is 0.497 e. The van der Waals surface area contributed by atoms with Gasteiger partial charge in [-0.05, 0) is 68.5 Å². The van der Waals surface area contributed by atoms with E-state index in [1.54, 1.807) is 45.2 Å². The fourth-order valence-corrected chi connectivity index (χ4v) is 6.95. The molecule has 1 aliphatic carbocycles. The van der Waals surface area contributed by atoms with E-state index < -0.39 is 11.2 Å². The van der Waals surface area contributed by atoms with Gasteiger partial charge in [-0.2, -0.15) is 0 Å². The van der Waals surface area contributed by atoms with Crippen molar-refractivity contribution in [3.05, 3.63) is 87.6 Å². The second-order valence-electron chi connectivity index (χ2n) is 9.91. The number of amides is 2. The second-order valence-corrected chi connectivity index (χ2v) is 12.3. The van der Waals surface area contributed by atoms with Crippen LogP contribution in [-0.4, -0.2) is 51.5 Å². The van der Waals surface area contributed by atoms with Crippen molar-refractivity contribution in [2.24, 2.45) is 0 Å². The maximum atomic E-state index is 13.4. The molecule has 0 unspecified atom stereocenters. The Hall–Kier alpha value is -4.16. The molecule has 1 aliphatic rings. The van der Waals surface area contributed by atoms with Crippen molar-refractivity contribution in [1.29, 1.82) is 0 Å². The van der Waals surface area contributed by atoms with Crippen LogP contribution in [0.25, 0.3) is 0 Å². The molecule has 0 saturated carbocycles. The van der Waals surface area contributed by atoms with Gasteiger partial charge in [0.1, 0.15) is 10.8 Å². The summed E-state index contributed by atoms with van der Waals surface area (Å²) < 4.78 is 12.4. The first kappa shape index (κ1) is 30.3. The van der Waals surface area contributed by atoms with Crippen molar-refractivity contribution < 1.29 is 23.9 Å². The highest BCUT2D eigenvalue weighted by Crippen LogP contribution is 2.40. The van der Waals surface area contributed by atoms with Crippen LogP contribution in [0.2, 0.25) is 0 Å². The molecule has 1 atom stereocenters. The molecule has 5 rings (SSSR count). The summed E-state index contributed by atoms with van der Waals surface area (Å²) in [5.74, 6) is 0.319. The molecule has 0 spiro atoms. The molecule has 10 nitrogen and oxygen atoms in total. The number of methoxy groups -OCH3 is 1. The molecule has 0 fully saturated rings. The fourth-order valence-electron chi connectivity index (χ4n) is 4.80. The SMILES string of the molecule is CCOC(=O)c1c(NC(=O)[C@H](C)Sc2nnc(CNC(=O)c3ccc(OC)cc3)n2Cc2ccccc2)sc2c1CCC2. The molecular weight excluding hydrogens is 587 g/mol. The summed E-state index contributed by atoms with van der Waals surface area (Å²) in [6.07, 6.45) is 2.70. The third kappa shape index (κ3) is 7.08. The van der Waals surface area contributed by atoms with Crippen molar-refractivity contribution in [1.82, 2.24) is 20.1 Å². The predicted molar refractivity (Wildman–Crippen MR) is 166 cm³/mol. The van der Waals surface area contributed by atoms with Gasteiger partial charge in [-0.15, -0.1) is 21.5 Å². The van der Waals surface area contributed by atoms with Gasteiger partial charge >= 0.3 is 5.97 Å². The Bertz CT molecular complexity index is 1600. The van der Waals surface area contributed by atoms with Crippen molar-refractivity contribution in [2.45, 2.75) is 56.6 Å². The minimum absolute atomic E-state index is 0.148. The fraction of sp³-hybridized carbons (Fsp3) is 0.323. The molecular formula is C31H33N5O5S2. The number of thioether (sulfide) groups is 1. The summed E-state index contributed by atoms with van der Waals surface area (Å²) in [4.78, 5) is 40.0. The normalized spacial score (nSPS) is 12.8. The molecule has 224 valence electrons. The first-order chi connectivity index (χ1) is 20.9. The van der Waals surface area contributed by atoms with Crippen LogP contribution in [0, 0.1) is 0 Å². The number of hydrogen-bond donors (Lipinski definition) is 2. The monoisotopic (exact) mass is 619 g/mol. The van der Waals surface area contributed by atoms with E-state index in [1.807, 2.05) is 34.9 Å². The van der Waals surface area contributed by atoms with E-state index in [-0.39, 0.29) is 25.0 Å². The molecule has 0 saturated heterocycles. The van der Waals surface area contributed by atoms with E-state index in [0.29, 0.717) is 39.4 Å². The van der Waals surface area contributed by atoms with Crippen LogP contribution in [0.4, 0.5) is 5.00 Å². The molecule has 2 aromatic carbocycles. The number of carbonyl (C=O) groups excluding carboxylic acids is 3. The maximum absolute atomic E-state index is 13.4. The number of esters is 1. The number of anilines is 1. The Balaban J connectivity index is 1.32. The number of ether oxygens (including phenoxy) is 2. The minimum atomic E-state index is -0.549. The van der Waals surface area contributed by atoms with E-state index in [2.05, 4.69) is 20.8 Å². The van der Waals surface area contributed by atoms with E-state index in [9.17, 15) is 14.4 Å². The lowest BCUT2D eigenvalue weighted by atomic mass is 10.1. The van der Waals surface area contributed by atoms with Crippen molar-refractivity contribution in [2.75, 3.05) is 19.0 Å². The Morgan fingerprint density at radius 1 is 1.07 bits per heavy atom. The van der Waals surface area contributed by atoms with Crippen molar-refractivity contribution in [3.8, 4) is 5.75 Å². The van der Waals surface area contributed by atoms with Gasteiger partial charge in [0, 0.05) is 10.4 Å². The van der Waals surface area contributed by atoms with E-state index in [4.69, 9.17) is 9.47 Å². The van der Waals surface area contributed by atoms with Gasteiger partial charge in [0.15, 0.2) is 11.0 Å². The number of rotatable bonds is 12. The summed E-state index contributed by atoms with van der Waals surface area (Å²) in [5, 5.41) is 15.2. The number of carbonyl (C=O) groups is 3. The zero-order valence-corrected chi connectivity index (χ0v) is 25.8. The second kappa shape index (κ2) is 13.9. The molecule has 2 aromatic heterocycles. The number of fused-ring (bicyclic) bond motifs is 1. The third-order valence-corrected chi connectivity index (χ3v) is 9.31. The van der Waals surface area contributed by atoms with Gasteiger partial charge in [-0.25, -0.2) is 4.79 Å². The molecule has 2 N–H and O–H groups in total. The summed E-state index contributed by atoms with van der Waals surface area (Å²) in [7, 11) is 1.57. The average Bonchev–Trinajstić information content (AvgIpc) is 3.71. The van der Waals surface area contributed by atoms with Gasteiger partial charge in [0.05, 0.1) is 37.6 Å². The maximum Gasteiger partial charge on any atom is 0.341 e. The molecule has 43 heavy (non-hydrogen) atoms. The predicted octanol–water partition coefficient (Wildman–Crippen LogP) is 5.11. The first-order valence-corrected chi connectivity index (χ1v) is 15.7. The zero-order valence-electron chi connectivity index (χ0n) is 24.2. The quantitative estimate of drug-likeness (QED) is 0.166. The summed E-state index contributed by atoms with van der Waals surface area (Å²) in [6.45, 7) is 4.44. The average molecular weight is 620 g/mol. The van der Waals surface area contributed by atoms with Crippen LogP contribution in [0.3, 0.4) is 0 Å². The van der Waals surface area contributed by atoms with Crippen LogP contribution in [-0.2, 0) is 35.5 Å².